The standard InChI is InChI=1S/C22H25BrN2O4/c1-4-11-28-19-10-8-18(23)13-17(19)15-24-25-22(26)16-7-9-20(29-12-5-2)21(14-16)27-6-3/h4,7-10,13-15H,1,5-6,11-12H2,2-3H3,(H,25,26)/b24-15+. The summed E-state index contributed by atoms with van der Waals surface area (Å²) >= 11 is 3.42. The van der Waals surface area contributed by atoms with Crippen molar-refractivity contribution in [1.82, 2.24) is 5.43 Å². The van der Waals surface area contributed by atoms with E-state index in [0.717, 1.165) is 16.5 Å². The van der Waals surface area contributed by atoms with Gasteiger partial charge in [-0.2, -0.15) is 5.10 Å². The zero-order chi connectivity index (χ0) is 21.1. The number of carbonyl (C=O) groups excluding carboxylic acids is 1. The lowest BCUT2D eigenvalue weighted by molar-refractivity contribution is 0.0954. The van der Waals surface area contributed by atoms with Crippen LogP contribution in [0.5, 0.6) is 17.2 Å². The summed E-state index contributed by atoms with van der Waals surface area (Å²) in [5.41, 5.74) is 3.67. The molecule has 1 N–H and O–H groups in total. The molecule has 0 bridgehead atoms. The van der Waals surface area contributed by atoms with E-state index >= 15 is 0 Å². The zero-order valence-electron chi connectivity index (χ0n) is 16.6. The van der Waals surface area contributed by atoms with E-state index in [-0.39, 0.29) is 5.91 Å². The van der Waals surface area contributed by atoms with Crippen LogP contribution >= 0.6 is 15.9 Å². The molecule has 0 atom stereocenters. The van der Waals surface area contributed by atoms with Gasteiger partial charge in [0.15, 0.2) is 11.5 Å². The van der Waals surface area contributed by atoms with Gasteiger partial charge >= 0.3 is 0 Å². The Kier molecular flexibility index (Phi) is 9.24. The molecule has 0 aromatic heterocycles. The molecule has 0 aliphatic carbocycles. The van der Waals surface area contributed by atoms with E-state index in [9.17, 15) is 4.79 Å². The van der Waals surface area contributed by atoms with Crippen molar-refractivity contribution in [1.29, 1.82) is 0 Å². The van der Waals surface area contributed by atoms with E-state index in [2.05, 4.69) is 33.0 Å². The second-order valence-corrected chi connectivity index (χ2v) is 6.84. The molecule has 0 saturated carbocycles. The fourth-order valence-electron chi connectivity index (χ4n) is 2.37. The molecule has 0 aliphatic heterocycles. The van der Waals surface area contributed by atoms with E-state index in [0.29, 0.717) is 42.6 Å². The number of nitrogens with one attached hydrogen (secondary N) is 1. The maximum atomic E-state index is 12.5. The molecule has 6 nitrogen and oxygen atoms in total. The Labute approximate surface area is 179 Å². The highest BCUT2D eigenvalue weighted by atomic mass is 79.9. The lowest BCUT2D eigenvalue weighted by Gasteiger charge is -2.12. The third-order valence-electron chi connectivity index (χ3n) is 3.67. The van der Waals surface area contributed by atoms with Crippen LogP contribution in [-0.4, -0.2) is 31.9 Å². The summed E-state index contributed by atoms with van der Waals surface area (Å²) in [6.45, 7) is 8.98. The molecule has 2 aromatic rings. The number of hydrazone groups is 1. The number of carbonyl (C=O) groups is 1. The maximum Gasteiger partial charge on any atom is 0.271 e. The minimum Gasteiger partial charge on any atom is -0.490 e. The molecule has 0 fully saturated rings. The van der Waals surface area contributed by atoms with Gasteiger partial charge in [0.25, 0.3) is 5.91 Å². The predicted octanol–water partition coefficient (Wildman–Crippen LogP) is 4.97. The average Bonchev–Trinajstić information content (AvgIpc) is 2.72. The summed E-state index contributed by atoms with van der Waals surface area (Å²) in [5, 5.41) is 4.05. The van der Waals surface area contributed by atoms with E-state index in [1.165, 1.54) is 6.21 Å². The number of nitrogens with zero attached hydrogens (tertiary/aromatic N) is 1. The van der Waals surface area contributed by atoms with Gasteiger partial charge in [0.2, 0.25) is 0 Å². The Balaban J connectivity index is 2.11. The second kappa shape index (κ2) is 11.9. The largest absolute Gasteiger partial charge is 0.490 e. The molecular formula is C22H25BrN2O4. The highest BCUT2D eigenvalue weighted by Crippen LogP contribution is 2.28. The quantitative estimate of drug-likeness (QED) is 0.292. The molecule has 0 aliphatic rings. The molecule has 1 amide bonds. The SMILES string of the molecule is C=CCOc1ccc(Br)cc1/C=N/NC(=O)c1ccc(OCCC)c(OCC)c1. The summed E-state index contributed by atoms with van der Waals surface area (Å²) in [7, 11) is 0. The fourth-order valence-corrected chi connectivity index (χ4v) is 2.75. The molecule has 0 radical (unpaired) electrons. The maximum absolute atomic E-state index is 12.5. The average molecular weight is 461 g/mol. The van der Waals surface area contributed by atoms with E-state index in [1.54, 1.807) is 24.3 Å². The van der Waals surface area contributed by atoms with Gasteiger partial charge in [-0.15, -0.1) is 0 Å². The first kappa shape index (κ1) is 22.5. The number of rotatable bonds is 11. The van der Waals surface area contributed by atoms with Gasteiger partial charge in [0.1, 0.15) is 12.4 Å². The van der Waals surface area contributed by atoms with Crippen LogP contribution in [-0.2, 0) is 0 Å². The lowest BCUT2D eigenvalue weighted by Crippen LogP contribution is -2.18. The second-order valence-electron chi connectivity index (χ2n) is 5.92. The monoisotopic (exact) mass is 460 g/mol. The van der Waals surface area contributed by atoms with Crippen molar-refractivity contribution in [3.05, 3.63) is 64.7 Å². The van der Waals surface area contributed by atoms with Crippen LogP contribution in [0.1, 0.15) is 36.2 Å². The van der Waals surface area contributed by atoms with E-state index in [4.69, 9.17) is 14.2 Å². The Morgan fingerprint density at radius 3 is 2.62 bits per heavy atom. The zero-order valence-corrected chi connectivity index (χ0v) is 18.2. The molecule has 2 aromatic carbocycles. The van der Waals surface area contributed by atoms with Crippen LogP contribution in [0.3, 0.4) is 0 Å². The number of benzene rings is 2. The number of hydrogen-bond acceptors (Lipinski definition) is 5. The molecule has 7 heteroatoms. The van der Waals surface area contributed by atoms with Gasteiger partial charge in [-0.05, 0) is 49.7 Å². The Bertz CT molecular complexity index is 868. The van der Waals surface area contributed by atoms with E-state index < -0.39 is 0 Å². The topological polar surface area (TPSA) is 69.2 Å². The molecular weight excluding hydrogens is 436 g/mol. The van der Waals surface area contributed by atoms with Crippen molar-refractivity contribution in [2.75, 3.05) is 19.8 Å². The summed E-state index contributed by atoms with van der Waals surface area (Å²) in [5.74, 6) is 1.44. The molecule has 0 saturated heterocycles. The number of amides is 1. The molecule has 2 rings (SSSR count). The molecule has 0 unspecified atom stereocenters. The first-order chi connectivity index (χ1) is 14.1. The highest BCUT2D eigenvalue weighted by molar-refractivity contribution is 9.10. The van der Waals surface area contributed by atoms with Crippen LogP contribution in [0.25, 0.3) is 0 Å². The number of halogens is 1. The van der Waals surface area contributed by atoms with E-state index in [1.807, 2.05) is 32.0 Å². The molecule has 0 heterocycles. The van der Waals surface area contributed by atoms with Crippen molar-refractivity contribution in [2.45, 2.75) is 20.3 Å². The van der Waals surface area contributed by atoms with Gasteiger partial charge in [-0.1, -0.05) is 35.5 Å². The van der Waals surface area contributed by atoms with Gasteiger partial charge in [0, 0.05) is 15.6 Å². The Morgan fingerprint density at radius 1 is 1.10 bits per heavy atom. The summed E-state index contributed by atoms with van der Waals surface area (Å²) in [6, 6.07) is 10.6. The number of hydrogen-bond donors (Lipinski definition) is 1. The van der Waals surface area contributed by atoms with Crippen LogP contribution in [0.4, 0.5) is 0 Å². The third-order valence-corrected chi connectivity index (χ3v) is 4.16. The summed E-state index contributed by atoms with van der Waals surface area (Å²) < 4.78 is 17.7. The van der Waals surface area contributed by atoms with Crippen molar-refractivity contribution in [3.63, 3.8) is 0 Å². The smallest absolute Gasteiger partial charge is 0.271 e. The molecule has 29 heavy (non-hydrogen) atoms. The third kappa shape index (κ3) is 6.94. The minimum absolute atomic E-state index is 0.354. The highest BCUT2D eigenvalue weighted by Gasteiger charge is 2.11. The van der Waals surface area contributed by atoms with Crippen molar-refractivity contribution >= 4 is 28.1 Å². The van der Waals surface area contributed by atoms with Crippen molar-refractivity contribution in [3.8, 4) is 17.2 Å². The summed E-state index contributed by atoms with van der Waals surface area (Å²) in [4.78, 5) is 12.5. The summed E-state index contributed by atoms with van der Waals surface area (Å²) in [6.07, 6.45) is 4.08. The van der Waals surface area contributed by atoms with Crippen LogP contribution in [0, 0.1) is 0 Å². The fraction of sp³-hybridized carbons (Fsp3) is 0.273. The Morgan fingerprint density at radius 2 is 1.90 bits per heavy atom. The molecule has 0 spiro atoms. The minimum atomic E-state index is -0.354. The van der Waals surface area contributed by atoms with Gasteiger partial charge < -0.3 is 14.2 Å². The van der Waals surface area contributed by atoms with Crippen molar-refractivity contribution < 1.29 is 19.0 Å². The normalized spacial score (nSPS) is 10.6. The van der Waals surface area contributed by atoms with Crippen LogP contribution in [0.2, 0.25) is 0 Å². The van der Waals surface area contributed by atoms with Gasteiger partial charge in [0.05, 0.1) is 19.4 Å². The number of ether oxygens (including phenoxy) is 3. The molecule has 154 valence electrons. The van der Waals surface area contributed by atoms with Gasteiger partial charge in [-0.25, -0.2) is 5.43 Å². The van der Waals surface area contributed by atoms with Crippen LogP contribution < -0.4 is 19.6 Å². The van der Waals surface area contributed by atoms with Crippen LogP contribution in [0.15, 0.2) is 58.6 Å². The Hall–Kier alpha value is -2.80. The van der Waals surface area contributed by atoms with Crippen molar-refractivity contribution in [2.24, 2.45) is 5.10 Å². The first-order valence-electron chi connectivity index (χ1n) is 9.35. The lowest BCUT2D eigenvalue weighted by atomic mass is 10.2. The van der Waals surface area contributed by atoms with Gasteiger partial charge in [-0.3, -0.25) is 4.79 Å². The predicted molar refractivity (Wildman–Crippen MR) is 118 cm³/mol. The first-order valence-corrected chi connectivity index (χ1v) is 10.1.